The van der Waals surface area contributed by atoms with Gasteiger partial charge in [-0.05, 0) is 52.2 Å². The van der Waals surface area contributed by atoms with Gasteiger partial charge in [0.1, 0.15) is 11.8 Å². The average molecular weight is 440 g/mol. The van der Waals surface area contributed by atoms with Crippen LogP contribution in [0.4, 0.5) is 0 Å². The molecule has 0 saturated carbocycles. The third-order valence-corrected chi connectivity index (χ3v) is 5.34. The van der Waals surface area contributed by atoms with Crippen molar-refractivity contribution in [3.8, 4) is 5.75 Å². The smallest absolute Gasteiger partial charge is 0.326 e. The molecule has 0 saturated heterocycles. The largest absolute Gasteiger partial charge is 0.493 e. The van der Waals surface area contributed by atoms with Crippen LogP contribution in [0.1, 0.15) is 21.5 Å². The zero-order valence-electron chi connectivity index (χ0n) is 18.0. The fourth-order valence-electron chi connectivity index (χ4n) is 3.58. The first kappa shape index (κ1) is 22.0. The summed E-state index contributed by atoms with van der Waals surface area (Å²) in [4.78, 5) is 28.5. The Hall–Kier alpha value is -4.19. The zero-order valence-corrected chi connectivity index (χ0v) is 18.0. The van der Waals surface area contributed by atoms with E-state index in [-0.39, 0.29) is 6.42 Å². The van der Waals surface area contributed by atoms with Gasteiger partial charge >= 0.3 is 5.97 Å². The van der Waals surface area contributed by atoms with Gasteiger partial charge < -0.3 is 15.2 Å². The fraction of sp³-hybridized carbons (Fsp3) is 0.148. The van der Waals surface area contributed by atoms with Gasteiger partial charge in [0.05, 0.1) is 6.61 Å². The van der Waals surface area contributed by atoms with Crippen molar-refractivity contribution in [1.29, 1.82) is 0 Å². The first-order valence-electron chi connectivity index (χ1n) is 10.7. The minimum atomic E-state index is -1.07. The zero-order chi connectivity index (χ0) is 23.0. The van der Waals surface area contributed by atoms with Gasteiger partial charge in [0.15, 0.2) is 0 Å². The molecule has 6 nitrogen and oxygen atoms in total. The minimum absolute atomic E-state index is 0.217. The predicted molar refractivity (Wildman–Crippen MR) is 126 cm³/mol. The van der Waals surface area contributed by atoms with Crippen LogP contribution in [0.2, 0.25) is 0 Å². The summed E-state index contributed by atoms with van der Waals surface area (Å²) in [7, 11) is 0. The molecule has 6 heteroatoms. The molecule has 3 aromatic carbocycles. The molecule has 0 aliphatic carbocycles. The number of fused-ring (bicyclic) bond motifs is 1. The summed E-state index contributed by atoms with van der Waals surface area (Å²) in [6.07, 6.45) is 4.55. The quantitative estimate of drug-likeness (QED) is 0.406. The first-order chi connectivity index (χ1) is 16.1. The van der Waals surface area contributed by atoms with E-state index >= 15 is 0 Å². The normalized spacial score (nSPS) is 11.6. The van der Waals surface area contributed by atoms with Crippen LogP contribution in [0.15, 0.2) is 91.3 Å². The lowest BCUT2D eigenvalue weighted by Crippen LogP contribution is -2.42. The maximum atomic E-state index is 12.7. The van der Waals surface area contributed by atoms with Gasteiger partial charge in [0.25, 0.3) is 5.91 Å². The average Bonchev–Trinajstić information content (AvgIpc) is 2.84. The van der Waals surface area contributed by atoms with Gasteiger partial charge in [-0.3, -0.25) is 9.78 Å². The van der Waals surface area contributed by atoms with E-state index in [0.717, 1.165) is 34.1 Å². The van der Waals surface area contributed by atoms with Crippen molar-refractivity contribution in [2.24, 2.45) is 0 Å². The summed E-state index contributed by atoms with van der Waals surface area (Å²) in [5, 5.41) is 14.0. The molecule has 0 aliphatic heterocycles. The Balaban J connectivity index is 1.40. The van der Waals surface area contributed by atoms with Crippen LogP contribution in [0.3, 0.4) is 0 Å². The SMILES string of the molecule is O=C(NC(Cc1ccccc1)C(=O)O)c1ccc2cc(OCCc3cccnc3)ccc2c1. The Bertz CT molecular complexity index is 1240. The molecule has 1 aromatic heterocycles. The lowest BCUT2D eigenvalue weighted by Gasteiger charge is -2.15. The number of hydrogen-bond acceptors (Lipinski definition) is 4. The van der Waals surface area contributed by atoms with Crippen LogP contribution in [0.5, 0.6) is 5.75 Å². The van der Waals surface area contributed by atoms with Crippen molar-refractivity contribution in [2.75, 3.05) is 6.61 Å². The Morgan fingerprint density at radius 3 is 2.42 bits per heavy atom. The molecule has 0 radical (unpaired) electrons. The number of benzene rings is 3. The first-order valence-corrected chi connectivity index (χ1v) is 10.7. The molecule has 166 valence electrons. The maximum absolute atomic E-state index is 12.7. The third-order valence-electron chi connectivity index (χ3n) is 5.34. The number of nitrogens with one attached hydrogen (secondary N) is 1. The summed E-state index contributed by atoms with van der Waals surface area (Å²) >= 11 is 0. The van der Waals surface area contributed by atoms with Crippen LogP contribution in [-0.2, 0) is 17.6 Å². The number of carboxylic acid groups (broad SMARTS) is 1. The highest BCUT2D eigenvalue weighted by atomic mass is 16.5. The fourth-order valence-corrected chi connectivity index (χ4v) is 3.58. The number of aliphatic carboxylic acids is 1. The summed E-state index contributed by atoms with van der Waals surface area (Å²) in [6, 6.07) is 23.1. The van der Waals surface area contributed by atoms with E-state index in [0.29, 0.717) is 12.2 Å². The molecule has 1 unspecified atom stereocenters. The number of carbonyl (C=O) groups is 2. The van der Waals surface area contributed by atoms with E-state index in [4.69, 9.17) is 4.74 Å². The van der Waals surface area contributed by atoms with E-state index in [1.54, 1.807) is 18.3 Å². The Labute approximate surface area is 191 Å². The summed E-state index contributed by atoms with van der Waals surface area (Å²) in [5.41, 5.74) is 2.37. The third kappa shape index (κ3) is 5.95. The van der Waals surface area contributed by atoms with Crippen molar-refractivity contribution in [3.63, 3.8) is 0 Å². The van der Waals surface area contributed by atoms with Crippen LogP contribution in [0, 0.1) is 0 Å². The lowest BCUT2D eigenvalue weighted by molar-refractivity contribution is -0.139. The number of hydrogen-bond donors (Lipinski definition) is 2. The number of nitrogens with zero attached hydrogens (tertiary/aromatic N) is 1. The standard InChI is InChI=1S/C27H24N2O4/c30-26(29-25(27(31)32)15-19-5-2-1-3-6-19)23-9-8-22-17-24(11-10-21(22)16-23)33-14-12-20-7-4-13-28-18-20/h1-11,13,16-18,25H,12,14-15H2,(H,29,30)(H,31,32). The minimum Gasteiger partial charge on any atom is -0.493 e. The second-order valence-electron chi connectivity index (χ2n) is 7.74. The number of carboxylic acids is 1. The molecule has 4 aromatic rings. The molecule has 1 atom stereocenters. The highest BCUT2D eigenvalue weighted by Gasteiger charge is 2.21. The monoisotopic (exact) mass is 440 g/mol. The molecule has 1 amide bonds. The molecule has 0 fully saturated rings. The molecule has 2 N–H and O–H groups in total. The van der Waals surface area contributed by atoms with E-state index in [9.17, 15) is 14.7 Å². The number of amides is 1. The molecule has 1 heterocycles. The summed E-state index contributed by atoms with van der Waals surface area (Å²) < 4.78 is 5.86. The Morgan fingerprint density at radius 2 is 1.67 bits per heavy atom. The number of aromatic nitrogens is 1. The predicted octanol–water partition coefficient (Wildman–Crippen LogP) is 4.28. The van der Waals surface area contributed by atoms with Gasteiger partial charge in [-0.1, -0.05) is 48.5 Å². The molecular formula is C27H24N2O4. The van der Waals surface area contributed by atoms with Gasteiger partial charge in [-0.2, -0.15) is 0 Å². The van der Waals surface area contributed by atoms with Crippen molar-refractivity contribution in [2.45, 2.75) is 18.9 Å². The highest BCUT2D eigenvalue weighted by Crippen LogP contribution is 2.22. The summed E-state index contributed by atoms with van der Waals surface area (Å²) in [5.74, 6) is -0.740. The van der Waals surface area contributed by atoms with Gasteiger partial charge in [-0.25, -0.2) is 4.79 Å². The molecular weight excluding hydrogens is 416 g/mol. The van der Waals surface area contributed by atoms with Crippen LogP contribution >= 0.6 is 0 Å². The molecule has 33 heavy (non-hydrogen) atoms. The summed E-state index contributed by atoms with van der Waals surface area (Å²) in [6.45, 7) is 0.537. The number of pyridine rings is 1. The Kier molecular flexibility index (Phi) is 6.95. The molecule has 0 spiro atoms. The number of ether oxygens (including phenoxy) is 1. The van der Waals surface area contributed by atoms with E-state index in [1.807, 2.05) is 72.9 Å². The van der Waals surface area contributed by atoms with Crippen molar-refractivity contribution in [1.82, 2.24) is 10.3 Å². The second kappa shape index (κ2) is 10.4. The second-order valence-corrected chi connectivity index (χ2v) is 7.74. The Morgan fingerprint density at radius 1 is 0.909 bits per heavy atom. The molecule has 0 aliphatic rings. The van der Waals surface area contributed by atoms with E-state index in [1.165, 1.54) is 0 Å². The van der Waals surface area contributed by atoms with Crippen molar-refractivity contribution in [3.05, 3.63) is 108 Å². The van der Waals surface area contributed by atoms with E-state index in [2.05, 4.69) is 10.3 Å². The van der Waals surface area contributed by atoms with Gasteiger partial charge in [0, 0.05) is 30.8 Å². The number of rotatable bonds is 9. The van der Waals surface area contributed by atoms with Crippen molar-refractivity contribution < 1.29 is 19.4 Å². The number of carbonyl (C=O) groups excluding carboxylic acids is 1. The lowest BCUT2D eigenvalue weighted by atomic mass is 10.0. The molecule has 4 rings (SSSR count). The van der Waals surface area contributed by atoms with Gasteiger partial charge in [0.2, 0.25) is 0 Å². The molecule has 0 bridgehead atoms. The van der Waals surface area contributed by atoms with Crippen LogP contribution in [-0.4, -0.2) is 34.6 Å². The topological polar surface area (TPSA) is 88.5 Å². The highest BCUT2D eigenvalue weighted by molar-refractivity contribution is 6.00. The van der Waals surface area contributed by atoms with E-state index < -0.39 is 17.9 Å². The van der Waals surface area contributed by atoms with Gasteiger partial charge in [-0.15, -0.1) is 0 Å². The van der Waals surface area contributed by atoms with Crippen molar-refractivity contribution >= 4 is 22.6 Å². The maximum Gasteiger partial charge on any atom is 0.326 e. The van der Waals surface area contributed by atoms with Crippen LogP contribution < -0.4 is 10.1 Å². The van der Waals surface area contributed by atoms with Crippen LogP contribution in [0.25, 0.3) is 10.8 Å².